The first-order valence-corrected chi connectivity index (χ1v) is 6.78. The van der Waals surface area contributed by atoms with E-state index in [0.29, 0.717) is 11.9 Å². The SMILES string of the molecule is COc1nc(NC2CCCC2)nc2c1CNCC2. The third-order valence-electron chi connectivity index (χ3n) is 3.78. The minimum atomic E-state index is 0.537. The lowest BCUT2D eigenvalue weighted by Gasteiger charge is -2.20. The Kier molecular flexibility index (Phi) is 3.32. The number of nitrogens with one attached hydrogen (secondary N) is 2. The van der Waals surface area contributed by atoms with Crippen molar-refractivity contribution in [3.8, 4) is 5.88 Å². The summed E-state index contributed by atoms with van der Waals surface area (Å²) in [5.41, 5.74) is 2.24. The van der Waals surface area contributed by atoms with Crippen molar-refractivity contribution in [2.75, 3.05) is 19.0 Å². The molecule has 0 bridgehead atoms. The summed E-state index contributed by atoms with van der Waals surface area (Å²) in [7, 11) is 1.68. The van der Waals surface area contributed by atoms with E-state index in [-0.39, 0.29) is 0 Å². The van der Waals surface area contributed by atoms with Gasteiger partial charge in [0.15, 0.2) is 0 Å². The molecule has 0 radical (unpaired) electrons. The number of hydrogen-bond acceptors (Lipinski definition) is 5. The highest BCUT2D eigenvalue weighted by molar-refractivity contribution is 5.40. The molecule has 5 nitrogen and oxygen atoms in total. The Balaban J connectivity index is 1.85. The van der Waals surface area contributed by atoms with E-state index < -0.39 is 0 Å². The van der Waals surface area contributed by atoms with Crippen LogP contribution in [0, 0.1) is 0 Å². The number of anilines is 1. The molecule has 2 aliphatic rings. The third kappa shape index (κ3) is 2.27. The number of aromatic nitrogens is 2. The molecule has 2 N–H and O–H groups in total. The summed E-state index contributed by atoms with van der Waals surface area (Å²) in [5, 5.41) is 6.77. The lowest BCUT2D eigenvalue weighted by atomic mass is 10.1. The maximum atomic E-state index is 5.39. The molecule has 0 aromatic carbocycles. The largest absolute Gasteiger partial charge is 0.481 e. The van der Waals surface area contributed by atoms with Crippen molar-refractivity contribution in [1.82, 2.24) is 15.3 Å². The molecule has 0 spiro atoms. The zero-order valence-electron chi connectivity index (χ0n) is 10.8. The Bertz CT molecular complexity index is 412. The van der Waals surface area contributed by atoms with Crippen molar-refractivity contribution in [3.05, 3.63) is 11.3 Å². The summed E-state index contributed by atoms with van der Waals surface area (Å²) in [6, 6.07) is 0.537. The fraction of sp³-hybridized carbons (Fsp3) is 0.692. The molecule has 1 saturated carbocycles. The van der Waals surface area contributed by atoms with Gasteiger partial charge in [-0.2, -0.15) is 4.98 Å². The van der Waals surface area contributed by atoms with Crippen LogP contribution in [0.5, 0.6) is 5.88 Å². The first-order valence-electron chi connectivity index (χ1n) is 6.78. The smallest absolute Gasteiger partial charge is 0.226 e. The molecule has 0 amide bonds. The Hall–Kier alpha value is -1.36. The van der Waals surface area contributed by atoms with Gasteiger partial charge < -0.3 is 15.4 Å². The predicted molar refractivity (Wildman–Crippen MR) is 69.9 cm³/mol. The second-order valence-corrected chi connectivity index (χ2v) is 5.03. The molecule has 5 heteroatoms. The van der Waals surface area contributed by atoms with Gasteiger partial charge in [0.05, 0.1) is 12.8 Å². The monoisotopic (exact) mass is 248 g/mol. The van der Waals surface area contributed by atoms with E-state index in [1.54, 1.807) is 7.11 Å². The van der Waals surface area contributed by atoms with E-state index in [0.717, 1.165) is 36.7 Å². The number of fused-ring (bicyclic) bond motifs is 1. The Morgan fingerprint density at radius 3 is 2.89 bits per heavy atom. The molecule has 0 saturated heterocycles. The van der Waals surface area contributed by atoms with Crippen molar-refractivity contribution in [3.63, 3.8) is 0 Å². The second-order valence-electron chi connectivity index (χ2n) is 5.03. The number of rotatable bonds is 3. The molecule has 1 aromatic rings. The molecule has 98 valence electrons. The van der Waals surface area contributed by atoms with E-state index in [4.69, 9.17) is 4.74 Å². The average Bonchev–Trinajstić information content (AvgIpc) is 2.90. The molecule has 1 fully saturated rings. The van der Waals surface area contributed by atoms with Crippen LogP contribution in [0.25, 0.3) is 0 Å². The van der Waals surface area contributed by atoms with Crippen molar-refractivity contribution in [2.45, 2.75) is 44.7 Å². The Labute approximate surface area is 107 Å². The first kappa shape index (κ1) is 11.7. The van der Waals surface area contributed by atoms with Crippen LogP contribution in [-0.4, -0.2) is 29.7 Å². The minimum absolute atomic E-state index is 0.537. The van der Waals surface area contributed by atoms with E-state index in [9.17, 15) is 0 Å². The topological polar surface area (TPSA) is 59.1 Å². The van der Waals surface area contributed by atoms with Crippen LogP contribution < -0.4 is 15.4 Å². The predicted octanol–water partition coefficient (Wildman–Crippen LogP) is 1.49. The van der Waals surface area contributed by atoms with Gasteiger partial charge in [0.1, 0.15) is 0 Å². The Morgan fingerprint density at radius 1 is 1.28 bits per heavy atom. The van der Waals surface area contributed by atoms with Crippen LogP contribution in [0.1, 0.15) is 36.9 Å². The number of nitrogens with zero attached hydrogens (tertiary/aromatic N) is 2. The van der Waals surface area contributed by atoms with Gasteiger partial charge in [-0.15, -0.1) is 0 Å². The fourth-order valence-corrected chi connectivity index (χ4v) is 2.80. The normalized spacial score (nSPS) is 19.6. The molecule has 18 heavy (non-hydrogen) atoms. The lowest BCUT2D eigenvalue weighted by molar-refractivity contribution is 0.386. The van der Waals surface area contributed by atoms with Crippen LogP contribution >= 0.6 is 0 Å². The first-order chi connectivity index (χ1) is 8.86. The fourth-order valence-electron chi connectivity index (χ4n) is 2.80. The number of methoxy groups -OCH3 is 1. The number of hydrogen-bond donors (Lipinski definition) is 2. The summed E-state index contributed by atoms with van der Waals surface area (Å²) >= 11 is 0. The van der Waals surface area contributed by atoms with Crippen LogP contribution in [0.15, 0.2) is 0 Å². The molecular weight excluding hydrogens is 228 g/mol. The summed E-state index contributed by atoms with van der Waals surface area (Å²) in [6.07, 6.45) is 6.02. The van der Waals surface area contributed by atoms with E-state index in [2.05, 4.69) is 20.6 Å². The van der Waals surface area contributed by atoms with Crippen molar-refractivity contribution in [1.29, 1.82) is 0 Å². The van der Waals surface area contributed by atoms with Crippen LogP contribution in [0.2, 0.25) is 0 Å². The van der Waals surface area contributed by atoms with Crippen molar-refractivity contribution >= 4 is 5.95 Å². The second kappa shape index (κ2) is 5.10. The molecule has 1 aromatic heterocycles. The van der Waals surface area contributed by atoms with E-state index >= 15 is 0 Å². The molecule has 0 unspecified atom stereocenters. The molecule has 2 heterocycles. The van der Waals surface area contributed by atoms with Gasteiger partial charge in [0.2, 0.25) is 11.8 Å². The van der Waals surface area contributed by atoms with Gasteiger partial charge in [-0.25, -0.2) is 4.98 Å². The third-order valence-corrected chi connectivity index (χ3v) is 3.78. The van der Waals surface area contributed by atoms with Gasteiger partial charge >= 0.3 is 0 Å². The number of ether oxygens (including phenoxy) is 1. The van der Waals surface area contributed by atoms with Gasteiger partial charge in [0.25, 0.3) is 0 Å². The van der Waals surface area contributed by atoms with Crippen molar-refractivity contribution in [2.24, 2.45) is 0 Å². The summed E-state index contributed by atoms with van der Waals surface area (Å²) in [4.78, 5) is 9.13. The summed E-state index contributed by atoms with van der Waals surface area (Å²) in [5.74, 6) is 1.45. The van der Waals surface area contributed by atoms with Crippen LogP contribution in [0.3, 0.4) is 0 Å². The quantitative estimate of drug-likeness (QED) is 0.848. The van der Waals surface area contributed by atoms with E-state index in [1.807, 2.05) is 0 Å². The van der Waals surface area contributed by atoms with Gasteiger partial charge in [-0.1, -0.05) is 12.8 Å². The minimum Gasteiger partial charge on any atom is -0.481 e. The average molecular weight is 248 g/mol. The van der Waals surface area contributed by atoms with Gasteiger partial charge in [-0.3, -0.25) is 0 Å². The lowest BCUT2D eigenvalue weighted by Crippen LogP contribution is -2.27. The molecule has 0 atom stereocenters. The van der Waals surface area contributed by atoms with Gasteiger partial charge in [-0.05, 0) is 12.8 Å². The highest BCUT2D eigenvalue weighted by Gasteiger charge is 2.20. The molecule has 1 aliphatic carbocycles. The maximum absolute atomic E-state index is 5.39. The maximum Gasteiger partial charge on any atom is 0.226 e. The summed E-state index contributed by atoms with van der Waals surface area (Å²) in [6.45, 7) is 1.79. The zero-order chi connectivity index (χ0) is 12.4. The van der Waals surface area contributed by atoms with E-state index in [1.165, 1.54) is 25.7 Å². The van der Waals surface area contributed by atoms with Gasteiger partial charge in [0, 0.05) is 31.1 Å². The summed E-state index contributed by atoms with van der Waals surface area (Å²) < 4.78 is 5.39. The molecule has 3 rings (SSSR count). The van der Waals surface area contributed by atoms with Crippen LogP contribution in [0.4, 0.5) is 5.95 Å². The standard InChI is InChI=1S/C13H20N4O/c1-18-12-10-8-14-7-6-11(10)16-13(17-12)15-9-4-2-3-5-9/h9,14H,2-8H2,1H3,(H,15,16,17). The highest BCUT2D eigenvalue weighted by atomic mass is 16.5. The van der Waals surface area contributed by atoms with Crippen molar-refractivity contribution < 1.29 is 4.74 Å². The zero-order valence-corrected chi connectivity index (χ0v) is 10.8. The Morgan fingerprint density at radius 2 is 2.11 bits per heavy atom. The van der Waals surface area contributed by atoms with Crippen LogP contribution in [-0.2, 0) is 13.0 Å². The molecule has 1 aliphatic heterocycles. The molecular formula is C13H20N4O. The highest BCUT2D eigenvalue weighted by Crippen LogP contribution is 2.26.